The van der Waals surface area contributed by atoms with Gasteiger partial charge in [0.2, 0.25) is 0 Å². The molecule has 2 heterocycles. The summed E-state index contributed by atoms with van der Waals surface area (Å²) >= 11 is 0. The monoisotopic (exact) mass is 489 g/mol. The molecular weight excluding hydrogens is 456 g/mol. The minimum atomic E-state index is -0.175. The second-order valence-corrected chi connectivity index (χ2v) is 8.41. The quantitative estimate of drug-likeness (QED) is 0.392. The number of likely N-dealkylation sites (tertiary alicyclic amines) is 1. The van der Waals surface area contributed by atoms with Crippen LogP contribution in [0.15, 0.2) is 29.3 Å². The molecule has 2 aliphatic heterocycles. The zero-order valence-electron chi connectivity index (χ0n) is 16.8. The Hall–Kier alpha value is -0.890. The predicted molar refractivity (Wildman–Crippen MR) is 119 cm³/mol. The van der Waals surface area contributed by atoms with Gasteiger partial charge in [0.15, 0.2) is 5.96 Å². The molecule has 0 aromatic heterocycles. The van der Waals surface area contributed by atoms with Gasteiger partial charge in [-0.1, -0.05) is 26.0 Å². The smallest absolute Gasteiger partial charge is 0.193 e. The highest BCUT2D eigenvalue weighted by Gasteiger charge is 2.36. The van der Waals surface area contributed by atoms with Crippen molar-refractivity contribution in [1.29, 1.82) is 0 Å². The zero-order valence-corrected chi connectivity index (χ0v) is 19.1. The fourth-order valence-corrected chi connectivity index (χ4v) is 4.06. The number of halogens is 2. The van der Waals surface area contributed by atoms with E-state index in [0.717, 1.165) is 44.0 Å². The lowest BCUT2D eigenvalue weighted by Crippen LogP contribution is -2.43. The van der Waals surface area contributed by atoms with Crippen LogP contribution in [0.25, 0.3) is 0 Å². The van der Waals surface area contributed by atoms with Crippen molar-refractivity contribution in [3.05, 3.63) is 35.6 Å². The molecule has 27 heavy (non-hydrogen) atoms. The molecule has 0 unspecified atom stereocenters. The van der Waals surface area contributed by atoms with Crippen LogP contribution in [0.3, 0.4) is 0 Å². The third kappa shape index (κ3) is 5.56. The SMILES string of the molecule is CCNC(=NCC1(c2cccc(F)c2)CCOCC1)N1CCC(C)(C)C1.I. The number of rotatable bonds is 4. The summed E-state index contributed by atoms with van der Waals surface area (Å²) in [6.07, 6.45) is 2.94. The van der Waals surface area contributed by atoms with Crippen molar-refractivity contribution in [3.8, 4) is 0 Å². The Morgan fingerprint density at radius 1 is 1.26 bits per heavy atom. The number of benzene rings is 1. The van der Waals surface area contributed by atoms with Crippen molar-refractivity contribution in [2.75, 3.05) is 39.4 Å². The lowest BCUT2D eigenvalue weighted by molar-refractivity contribution is 0.0529. The van der Waals surface area contributed by atoms with Crippen LogP contribution in [0.1, 0.15) is 45.6 Å². The molecule has 0 bridgehead atoms. The van der Waals surface area contributed by atoms with E-state index in [1.165, 1.54) is 12.5 Å². The number of nitrogens with zero attached hydrogens (tertiary/aromatic N) is 2. The topological polar surface area (TPSA) is 36.9 Å². The second-order valence-electron chi connectivity index (χ2n) is 8.41. The number of guanidine groups is 1. The summed E-state index contributed by atoms with van der Waals surface area (Å²) in [5.41, 5.74) is 1.23. The minimum Gasteiger partial charge on any atom is -0.381 e. The van der Waals surface area contributed by atoms with E-state index in [1.54, 1.807) is 12.1 Å². The van der Waals surface area contributed by atoms with Gasteiger partial charge in [-0.3, -0.25) is 4.99 Å². The lowest BCUT2D eigenvalue weighted by Gasteiger charge is -2.37. The van der Waals surface area contributed by atoms with Gasteiger partial charge in [-0.25, -0.2) is 4.39 Å². The number of hydrogen-bond acceptors (Lipinski definition) is 2. The van der Waals surface area contributed by atoms with Crippen molar-refractivity contribution in [3.63, 3.8) is 0 Å². The molecule has 1 aromatic rings. The molecule has 0 radical (unpaired) electrons. The maximum absolute atomic E-state index is 13.9. The Bertz CT molecular complexity index is 644. The van der Waals surface area contributed by atoms with Gasteiger partial charge in [-0.05, 0) is 49.3 Å². The molecule has 0 spiro atoms. The third-order valence-electron chi connectivity index (χ3n) is 5.73. The molecule has 3 rings (SSSR count). The number of aliphatic imine (C=N–C) groups is 1. The molecule has 1 N–H and O–H groups in total. The first-order chi connectivity index (χ1) is 12.4. The molecule has 0 saturated carbocycles. The molecule has 1 aromatic carbocycles. The Balaban J connectivity index is 0.00000261. The van der Waals surface area contributed by atoms with Crippen LogP contribution in [0.2, 0.25) is 0 Å². The van der Waals surface area contributed by atoms with E-state index in [2.05, 4.69) is 31.0 Å². The summed E-state index contributed by atoms with van der Waals surface area (Å²) in [5, 5.41) is 3.45. The highest BCUT2D eigenvalue weighted by Crippen LogP contribution is 2.36. The van der Waals surface area contributed by atoms with Gasteiger partial charge >= 0.3 is 0 Å². The highest BCUT2D eigenvalue weighted by molar-refractivity contribution is 14.0. The summed E-state index contributed by atoms with van der Waals surface area (Å²) < 4.78 is 19.4. The van der Waals surface area contributed by atoms with Crippen molar-refractivity contribution in [1.82, 2.24) is 10.2 Å². The van der Waals surface area contributed by atoms with Gasteiger partial charge in [-0.15, -0.1) is 24.0 Å². The molecule has 2 fully saturated rings. The lowest BCUT2D eigenvalue weighted by atomic mass is 9.74. The van der Waals surface area contributed by atoms with Gasteiger partial charge in [0.25, 0.3) is 0 Å². The van der Waals surface area contributed by atoms with Crippen molar-refractivity contribution < 1.29 is 9.13 Å². The summed E-state index contributed by atoms with van der Waals surface area (Å²) in [6.45, 7) is 11.7. The summed E-state index contributed by atoms with van der Waals surface area (Å²) in [4.78, 5) is 7.38. The Morgan fingerprint density at radius 3 is 2.59 bits per heavy atom. The van der Waals surface area contributed by atoms with Crippen LogP contribution in [-0.4, -0.2) is 50.3 Å². The number of nitrogens with one attached hydrogen (secondary N) is 1. The minimum absolute atomic E-state index is 0. The Kier molecular flexibility index (Phi) is 7.92. The summed E-state index contributed by atoms with van der Waals surface area (Å²) in [6, 6.07) is 7.03. The van der Waals surface area contributed by atoms with E-state index in [4.69, 9.17) is 9.73 Å². The van der Waals surface area contributed by atoms with Crippen LogP contribution in [-0.2, 0) is 10.2 Å². The second kappa shape index (κ2) is 9.54. The van der Waals surface area contributed by atoms with E-state index in [-0.39, 0.29) is 35.2 Å². The zero-order chi connectivity index (χ0) is 18.6. The first kappa shape index (κ1) is 22.4. The van der Waals surface area contributed by atoms with Gasteiger partial charge in [0.05, 0.1) is 6.54 Å². The average molecular weight is 489 g/mol. The average Bonchev–Trinajstić information content (AvgIpc) is 2.99. The Morgan fingerprint density at radius 2 is 2.00 bits per heavy atom. The third-order valence-corrected chi connectivity index (χ3v) is 5.73. The van der Waals surface area contributed by atoms with Gasteiger partial charge < -0.3 is 15.0 Å². The van der Waals surface area contributed by atoms with Crippen LogP contribution in [0.4, 0.5) is 4.39 Å². The van der Waals surface area contributed by atoms with E-state index in [0.29, 0.717) is 25.2 Å². The molecule has 2 saturated heterocycles. The molecule has 0 amide bonds. The van der Waals surface area contributed by atoms with Crippen LogP contribution >= 0.6 is 24.0 Å². The van der Waals surface area contributed by atoms with Crippen LogP contribution in [0.5, 0.6) is 0 Å². The number of ether oxygens (including phenoxy) is 1. The molecule has 4 nitrogen and oxygen atoms in total. The maximum atomic E-state index is 13.9. The Labute approximate surface area is 180 Å². The van der Waals surface area contributed by atoms with Crippen molar-refractivity contribution in [2.24, 2.45) is 10.4 Å². The fraction of sp³-hybridized carbons (Fsp3) is 0.667. The summed E-state index contributed by atoms with van der Waals surface area (Å²) in [5.74, 6) is 0.811. The molecule has 152 valence electrons. The van der Waals surface area contributed by atoms with E-state index >= 15 is 0 Å². The van der Waals surface area contributed by atoms with Gasteiger partial charge in [0, 0.05) is 38.3 Å². The van der Waals surface area contributed by atoms with E-state index in [9.17, 15) is 4.39 Å². The highest BCUT2D eigenvalue weighted by atomic mass is 127. The van der Waals surface area contributed by atoms with Gasteiger partial charge in [-0.2, -0.15) is 0 Å². The maximum Gasteiger partial charge on any atom is 0.193 e. The number of hydrogen-bond donors (Lipinski definition) is 1. The van der Waals surface area contributed by atoms with Crippen LogP contribution in [0, 0.1) is 11.2 Å². The van der Waals surface area contributed by atoms with E-state index in [1.807, 2.05) is 6.07 Å². The molecule has 0 atom stereocenters. The predicted octanol–water partition coefficient (Wildman–Crippen LogP) is 4.19. The van der Waals surface area contributed by atoms with Crippen molar-refractivity contribution in [2.45, 2.75) is 45.4 Å². The molecule has 6 heteroatoms. The van der Waals surface area contributed by atoms with E-state index < -0.39 is 0 Å². The molecular formula is C21H33FIN3O. The van der Waals surface area contributed by atoms with Crippen LogP contribution < -0.4 is 5.32 Å². The summed E-state index contributed by atoms with van der Waals surface area (Å²) in [7, 11) is 0. The standard InChI is InChI=1S/C21H32FN3O.HI/c1-4-23-19(25-11-8-20(2,3)16-25)24-15-21(9-12-26-13-10-21)17-6-5-7-18(22)14-17;/h5-7,14H,4,8-13,15-16H2,1-3H3,(H,23,24);1H. The molecule has 2 aliphatic rings. The normalized spacial score (nSPS) is 21.6. The van der Waals surface area contributed by atoms with Crippen molar-refractivity contribution >= 4 is 29.9 Å². The first-order valence-electron chi connectivity index (χ1n) is 9.81. The first-order valence-corrected chi connectivity index (χ1v) is 9.81. The van der Waals surface area contributed by atoms with Gasteiger partial charge in [0.1, 0.15) is 5.82 Å². The fourth-order valence-electron chi connectivity index (χ4n) is 4.06. The largest absolute Gasteiger partial charge is 0.381 e. The molecule has 0 aliphatic carbocycles.